The Labute approximate surface area is 127 Å². The van der Waals surface area contributed by atoms with Gasteiger partial charge in [-0.1, -0.05) is 18.2 Å². The lowest BCUT2D eigenvalue weighted by molar-refractivity contribution is -0.137. The van der Waals surface area contributed by atoms with Crippen molar-refractivity contribution in [3.63, 3.8) is 0 Å². The first-order valence-electron chi connectivity index (χ1n) is 6.63. The van der Waals surface area contributed by atoms with Gasteiger partial charge in [0.25, 0.3) is 5.91 Å². The molecule has 0 fully saturated rings. The zero-order valence-electron chi connectivity index (χ0n) is 12.4. The molecule has 0 aliphatic rings. The summed E-state index contributed by atoms with van der Waals surface area (Å²) in [5.41, 5.74) is 1.71. The Kier molecular flexibility index (Phi) is 4.90. The van der Waals surface area contributed by atoms with Crippen molar-refractivity contribution in [3.8, 4) is 5.69 Å². The second-order valence-electron chi connectivity index (χ2n) is 4.74. The molecule has 1 aromatic heterocycles. The third-order valence-electron chi connectivity index (χ3n) is 3.10. The van der Waals surface area contributed by atoms with Crippen LogP contribution in [0.25, 0.3) is 5.69 Å². The first-order chi connectivity index (χ1) is 10.5. The molecule has 0 saturated heterocycles. The van der Waals surface area contributed by atoms with Gasteiger partial charge in [0.1, 0.15) is 6.54 Å². The van der Waals surface area contributed by atoms with E-state index in [1.807, 2.05) is 30.3 Å². The largest absolute Gasteiger partial charge is 0.480 e. The van der Waals surface area contributed by atoms with E-state index in [9.17, 15) is 9.59 Å². The molecule has 7 heteroatoms. The summed E-state index contributed by atoms with van der Waals surface area (Å²) >= 11 is 0. The number of carboxylic acids is 1. The number of hydrogen-bond donors (Lipinski definition) is 1. The second-order valence-corrected chi connectivity index (χ2v) is 4.74. The van der Waals surface area contributed by atoms with Gasteiger partial charge in [0.15, 0.2) is 0 Å². The summed E-state index contributed by atoms with van der Waals surface area (Å²) in [6.45, 7) is -0.182. The minimum atomic E-state index is -1.07. The van der Waals surface area contributed by atoms with Crippen molar-refractivity contribution in [1.29, 1.82) is 0 Å². The van der Waals surface area contributed by atoms with Crippen LogP contribution in [-0.2, 0) is 16.1 Å². The Morgan fingerprint density at radius 1 is 1.32 bits per heavy atom. The first-order valence-corrected chi connectivity index (χ1v) is 6.63. The van der Waals surface area contributed by atoms with Gasteiger partial charge in [0.05, 0.1) is 29.7 Å². The maximum absolute atomic E-state index is 12.4. The van der Waals surface area contributed by atoms with Crippen molar-refractivity contribution in [2.24, 2.45) is 0 Å². The molecule has 22 heavy (non-hydrogen) atoms. The maximum Gasteiger partial charge on any atom is 0.323 e. The number of rotatable bonds is 6. The van der Waals surface area contributed by atoms with Crippen LogP contribution in [0.3, 0.4) is 0 Å². The van der Waals surface area contributed by atoms with E-state index in [1.54, 1.807) is 4.68 Å². The van der Waals surface area contributed by atoms with Crippen LogP contribution in [0, 0.1) is 0 Å². The topological polar surface area (TPSA) is 84.7 Å². The molecule has 116 valence electrons. The number of carbonyl (C=O) groups is 2. The van der Waals surface area contributed by atoms with E-state index in [1.165, 1.54) is 20.4 Å². The highest BCUT2D eigenvalue weighted by molar-refractivity contribution is 5.96. The average Bonchev–Trinajstić information content (AvgIpc) is 2.91. The Morgan fingerprint density at radius 2 is 2.00 bits per heavy atom. The van der Waals surface area contributed by atoms with Crippen molar-refractivity contribution in [1.82, 2.24) is 14.7 Å². The number of ether oxygens (including phenoxy) is 1. The number of nitrogens with zero attached hydrogens (tertiary/aromatic N) is 3. The summed E-state index contributed by atoms with van der Waals surface area (Å²) in [5.74, 6) is -1.48. The number of carboxylic acid groups (broad SMARTS) is 1. The van der Waals surface area contributed by atoms with E-state index in [4.69, 9.17) is 9.84 Å². The summed E-state index contributed by atoms with van der Waals surface area (Å²) in [6.07, 6.45) is 1.43. The molecule has 0 bridgehead atoms. The van der Waals surface area contributed by atoms with E-state index in [0.717, 1.165) is 10.6 Å². The van der Waals surface area contributed by atoms with Crippen molar-refractivity contribution in [2.45, 2.75) is 6.61 Å². The molecule has 2 aromatic rings. The number of aliphatic carboxylic acids is 1. The lowest BCUT2D eigenvalue weighted by Gasteiger charge is -2.15. The average molecular weight is 303 g/mol. The van der Waals surface area contributed by atoms with Crippen LogP contribution in [-0.4, -0.2) is 52.4 Å². The van der Waals surface area contributed by atoms with Crippen LogP contribution in [0.2, 0.25) is 0 Å². The van der Waals surface area contributed by atoms with Gasteiger partial charge in [0.2, 0.25) is 0 Å². The van der Waals surface area contributed by atoms with Crippen LogP contribution in [0.5, 0.6) is 0 Å². The van der Waals surface area contributed by atoms with Gasteiger partial charge in [-0.3, -0.25) is 9.59 Å². The van der Waals surface area contributed by atoms with E-state index >= 15 is 0 Å². The fourth-order valence-corrected chi connectivity index (χ4v) is 2.10. The summed E-state index contributed by atoms with van der Waals surface area (Å²) in [4.78, 5) is 24.3. The summed E-state index contributed by atoms with van der Waals surface area (Å²) < 4.78 is 6.77. The molecule has 1 amide bonds. The predicted octanol–water partition coefficient (Wildman–Crippen LogP) is 1.18. The van der Waals surface area contributed by atoms with Crippen molar-refractivity contribution in [3.05, 3.63) is 47.8 Å². The number of para-hydroxylation sites is 1. The number of methoxy groups -OCH3 is 1. The van der Waals surface area contributed by atoms with Crippen LogP contribution < -0.4 is 0 Å². The van der Waals surface area contributed by atoms with Gasteiger partial charge in [-0.2, -0.15) is 5.10 Å². The maximum atomic E-state index is 12.4. The molecule has 0 aliphatic heterocycles. The number of amides is 1. The van der Waals surface area contributed by atoms with Crippen molar-refractivity contribution < 1.29 is 19.4 Å². The highest BCUT2D eigenvalue weighted by atomic mass is 16.5. The molecule has 0 aliphatic carbocycles. The number of likely N-dealkylation sites (N-methyl/N-ethyl adjacent to an activating group) is 1. The molecule has 0 atom stereocenters. The number of benzene rings is 1. The van der Waals surface area contributed by atoms with E-state index in [2.05, 4.69) is 5.10 Å². The van der Waals surface area contributed by atoms with E-state index in [0.29, 0.717) is 11.3 Å². The van der Waals surface area contributed by atoms with Crippen LogP contribution in [0.4, 0.5) is 0 Å². The van der Waals surface area contributed by atoms with Crippen LogP contribution >= 0.6 is 0 Å². The Hall–Kier alpha value is -2.67. The normalized spacial score (nSPS) is 10.5. The minimum Gasteiger partial charge on any atom is -0.480 e. The molecular weight excluding hydrogens is 286 g/mol. The fraction of sp³-hybridized carbons (Fsp3) is 0.267. The lowest BCUT2D eigenvalue weighted by atomic mass is 10.2. The molecule has 7 nitrogen and oxygen atoms in total. The molecule has 0 saturated carbocycles. The van der Waals surface area contributed by atoms with Gasteiger partial charge < -0.3 is 14.7 Å². The van der Waals surface area contributed by atoms with Gasteiger partial charge in [-0.05, 0) is 12.1 Å². The molecule has 1 aromatic carbocycles. The quantitative estimate of drug-likeness (QED) is 0.866. The SMILES string of the molecule is COCc1c(C(=O)N(C)CC(=O)O)cnn1-c1ccccc1. The minimum absolute atomic E-state index is 0.191. The van der Waals surface area contributed by atoms with E-state index < -0.39 is 11.9 Å². The first kappa shape index (κ1) is 15.7. The monoisotopic (exact) mass is 303 g/mol. The zero-order valence-corrected chi connectivity index (χ0v) is 12.4. The number of aromatic nitrogens is 2. The Morgan fingerprint density at radius 3 is 2.59 bits per heavy atom. The summed E-state index contributed by atoms with van der Waals surface area (Å²) in [6, 6.07) is 9.34. The van der Waals surface area contributed by atoms with Gasteiger partial charge in [0, 0.05) is 14.2 Å². The number of hydrogen-bond acceptors (Lipinski definition) is 4. The van der Waals surface area contributed by atoms with Gasteiger partial charge in [-0.25, -0.2) is 4.68 Å². The lowest BCUT2D eigenvalue weighted by Crippen LogP contribution is -2.32. The van der Waals surface area contributed by atoms with Crippen LogP contribution in [0.15, 0.2) is 36.5 Å². The summed E-state index contributed by atoms with van der Waals surface area (Å²) in [7, 11) is 2.96. The molecule has 1 N–H and O–H groups in total. The standard InChI is InChI=1S/C15H17N3O4/c1-17(9-14(19)20)15(21)12-8-16-18(13(12)10-22-2)11-6-4-3-5-7-11/h3-8H,9-10H2,1-2H3,(H,19,20). The highest BCUT2D eigenvalue weighted by Gasteiger charge is 2.22. The highest BCUT2D eigenvalue weighted by Crippen LogP contribution is 2.17. The molecule has 0 radical (unpaired) electrons. The molecule has 1 heterocycles. The predicted molar refractivity (Wildman–Crippen MR) is 78.9 cm³/mol. The smallest absolute Gasteiger partial charge is 0.323 e. The van der Waals surface area contributed by atoms with E-state index in [-0.39, 0.29) is 13.2 Å². The third-order valence-corrected chi connectivity index (χ3v) is 3.10. The molecule has 2 rings (SSSR count). The Balaban J connectivity index is 2.39. The second kappa shape index (κ2) is 6.86. The van der Waals surface area contributed by atoms with Crippen molar-refractivity contribution >= 4 is 11.9 Å². The molecule has 0 spiro atoms. The number of carbonyl (C=O) groups excluding carboxylic acids is 1. The summed E-state index contributed by atoms with van der Waals surface area (Å²) in [5, 5.41) is 13.0. The van der Waals surface area contributed by atoms with Gasteiger partial charge in [-0.15, -0.1) is 0 Å². The Bertz CT molecular complexity index is 667. The van der Waals surface area contributed by atoms with Crippen LogP contribution in [0.1, 0.15) is 16.1 Å². The fourth-order valence-electron chi connectivity index (χ4n) is 2.10. The zero-order chi connectivity index (χ0) is 16.1. The third kappa shape index (κ3) is 3.32. The van der Waals surface area contributed by atoms with Crippen molar-refractivity contribution in [2.75, 3.05) is 20.7 Å². The van der Waals surface area contributed by atoms with Gasteiger partial charge >= 0.3 is 5.97 Å². The molecular formula is C15H17N3O4. The molecule has 0 unspecified atom stereocenters.